The van der Waals surface area contributed by atoms with Crippen molar-refractivity contribution >= 4 is 5.82 Å². The number of nitrogens with zero attached hydrogens (tertiary/aromatic N) is 6. The number of aromatic nitrogens is 4. The maximum Gasteiger partial charge on any atom is 0.287 e. The van der Waals surface area contributed by atoms with Crippen LogP contribution in [0.4, 0.5) is 19.0 Å². The molecule has 2 N–H and O–H groups in total. The van der Waals surface area contributed by atoms with Crippen molar-refractivity contribution in [3.63, 3.8) is 0 Å². The van der Waals surface area contributed by atoms with Crippen LogP contribution in [0.5, 0.6) is 11.6 Å². The van der Waals surface area contributed by atoms with Crippen molar-refractivity contribution in [2.75, 3.05) is 18.5 Å². The molecule has 3 aromatic rings. The van der Waals surface area contributed by atoms with Crippen LogP contribution < -0.4 is 15.4 Å². The molecule has 162 valence electrons. The first-order valence-electron chi connectivity index (χ1n) is 9.26. The van der Waals surface area contributed by atoms with E-state index in [1.54, 1.807) is 24.5 Å². The monoisotopic (exact) mass is 431 g/mol. The van der Waals surface area contributed by atoms with Crippen LogP contribution in [0.1, 0.15) is 11.1 Å². The maximum absolute atomic E-state index is 13.7. The summed E-state index contributed by atoms with van der Waals surface area (Å²) in [5, 5.41) is 13.3. The molecule has 0 aliphatic rings. The third-order valence-corrected chi connectivity index (χ3v) is 4.47. The van der Waals surface area contributed by atoms with Gasteiger partial charge in [-0.25, -0.2) is 27.8 Å². The topological polar surface area (TPSA) is 106 Å². The first kappa shape index (κ1) is 22.0. The Morgan fingerprint density at radius 1 is 1.23 bits per heavy atom. The number of hydrogen-bond acceptors (Lipinski definition) is 7. The molecule has 1 aromatic carbocycles. The highest BCUT2D eigenvalue weighted by Crippen LogP contribution is 2.34. The van der Waals surface area contributed by atoms with Crippen LogP contribution in [0.25, 0.3) is 11.4 Å². The first-order valence-corrected chi connectivity index (χ1v) is 9.26. The number of nitriles is 1. The molecule has 0 aliphatic carbocycles. The minimum Gasteiger partial charge on any atom is -0.438 e. The van der Waals surface area contributed by atoms with Gasteiger partial charge in [0.1, 0.15) is 5.75 Å². The molecule has 2 heterocycles. The highest BCUT2D eigenvalue weighted by atomic mass is 19.3. The molecule has 2 aromatic heterocycles. The Morgan fingerprint density at radius 2 is 1.94 bits per heavy atom. The molecule has 8 nitrogen and oxygen atoms in total. The summed E-state index contributed by atoms with van der Waals surface area (Å²) in [5.41, 5.74) is 7.26. The van der Waals surface area contributed by atoms with Gasteiger partial charge in [0, 0.05) is 32.6 Å². The van der Waals surface area contributed by atoms with Crippen LogP contribution in [0.3, 0.4) is 0 Å². The van der Waals surface area contributed by atoms with Gasteiger partial charge in [-0.1, -0.05) is 0 Å². The molecule has 0 fully saturated rings. The van der Waals surface area contributed by atoms with Gasteiger partial charge in [0.05, 0.1) is 17.2 Å². The van der Waals surface area contributed by atoms with Gasteiger partial charge in [0.2, 0.25) is 12.2 Å². The molecule has 1 unspecified atom stereocenters. The molecular formula is C20H20F3N7O. The third-order valence-electron chi connectivity index (χ3n) is 4.47. The average molecular weight is 431 g/mol. The summed E-state index contributed by atoms with van der Waals surface area (Å²) in [6.45, 7) is 0.469. The Labute approximate surface area is 176 Å². The van der Waals surface area contributed by atoms with Crippen LogP contribution in [-0.4, -0.2) is 46.1 Å². The van der Waals surface area contributed by atoms with Crippen molar-refractivity contribution in [3.8, 4) is 29.1 Å². The SMILES string of the molecule is CN(c1cc(Oc2cc(C#N)ccc2-c2ncc(CCN)cn2)n(C)n1)C(F)C(F)F. The molecule has 11 heteroatoms. The van der Waals surface area contributed by atoms with E-state index < -0.39 is 12.7 Å². The molecule has 0 amide bonds. The van der Waals surface area contributed by atoms with Crippen molar-refractivity contribution in [2.45, 2.75) is 19.1 Å². The first-order chi connectivity index (χ1) is 14.8. The predicted octanol–water partition coefficient (Wildman–Crippen LogP) is 3.04. The van der Waals surface area contributed by atoms with Gasteiger partial charge >= 0.3 is 0 Å². The smallest absolute Gasteiger partial charge is 0.287 e. The normalized spacial score (nSPS) is 11.9. The fourth-order valence-corrected chi connectivity index (χ4v) is 2.76. The van der Waals surface area contributed by atoms with E-state index in [0.29, 0.717) is 34.8 Å². The maximum atomic E-state index is 13.7. The standard InChI is InChI=1S/C20H20F3N7O/c1-29(19(23)18(21)22)16-8-17(30(2)28-16)31-15-7-12(9-25)3-4-14(15)20-26-10-13(5-6-24)11-27-20/h3-4,7-8,10-11,18-19H,5-6,24H2,1-2H3. The summed E-state index contributed by atoms with van der Waals surface area (Å²) in [7, 11) is 2.69. The number of rotatable bonds is 8. The summed E-state index contributed by atoms with van der Waals surface area (Å²) < 4.78 is 46.2. The van der Waals surface area contributed by atoms with Crippen molar-refractivity contribution in [2.24, 2.45) is 12.8 Å². The second kappa shape index (κ2) is 9.44. The summed E-state index contributed by atoms with van der Waals surface area (Å²) in [6.07, 6.45) is -1.76. The predicted molar refractivity (Wildman–Crippen MR) is 108 cm³/mol. The Morgan fingerprint density at radius 3 is 2.55 bits per heavy atom. The summed E-state index contributed by atoms with van der Waals surface area (Å²) >= 11 is 0. The van der Waals surface area contributed by atoms with Crippen molar-refractivity contribution in [3.05, 3.63) is 47.8 Å². The zero-order valence-electron chi connectivity index (χ0n) is 16.8. The van der Waals surface area contributed by atoms with E-state index in [1.807, 2.05) is 6.07 Å². The lowest BCUT2D eigenvalue weighted by Gasteiger charge is -2.19. The molecule has 0 bridgehead atoms. The third kappa shape index (κ3) is 4.92. The van der Waals surface area contributed by atoms with Crippen molar-refractivity contribution in [1.29, 1.82) is 5.26 Å². The average Bonchev–Trinajstić information content (AvgIpc) is 3.13. The van der Waals surface area contributed by atoms with Gasteiger partial charge in [0.15, 0.2) is 11.6 Å². The zero-order chi connectivity index (χ0) is 22.5. The highest BCUT2D eigenvalue weighted by Gasteiger charge is 2.27. The van der Waals surface area contributed by atoms with E-state index in [1.165, 1.54) is 30.9 Å². The van der Waals surface area contributed by atoms with E-state index >= 15 is 0 Å². The molecule has 31 heavy (non-hydrogen) atoms. The van der Waals surface area contributed by atoms with Gasteiger partial charge in [-0.05, 0) is 36.7 Å². The van der Waals surface area contributed by atoms with Crippen molar-refractivity contribution in [1.82, 2.24) is 19.7 Å². The minimum absolute atomic E-state index is 0.0364. The molecular weight excluding hydrogens is 411 g/mol. The van der Waals surface area contributed by atoms with Crippen molar-refractivity contribution < 1.29 is 17.9 Å². The number of alkyl halides is 3. The molecule has 0 aliphatic heterocycles. The van der Waals surface area contributed by atoms with E-state index in [9.17, 15) is 18.4 Å². The lowest BCUT2D eigenvalue weighted by atomic mass is 10.1. The van der Waals surface area contributed by atoms with Crippen LogP contribution >= 0.6 is 0 Å². The van der Waals surface area contributed by atoms with Gasteiger partial charge < -0.3 is 15.4 Å². The van der Waals surface area contributed by atoms with E-state index in [-0.39, 0.29) is 17.4 Å². The number of ether oxygens (including phenoxy) is 1. The summed E-state index contributed by atoms with van der Waals surface area (Å²) in [4.78, 5) is 9.37. The molecule has 0 radical (unpaired) electrons. The van der Waals surface area contributed by atoms with E-state index in [2.05, 4.69) is 15.1 Å². The number of hydrogen-bond donors (Lipinski definition) is 1. The van der Waals surface area contributed by atoms with Gasteiger partial charge in [0.25, 0.3) is 6.43 Å². The Kier molecular flexibility index (Phi) is 6.71. The van der Waals surface area contributed by atoms with Crippen LogP contribution in [0.2, 0.25) is 0 Å². The summed E-state index contributed by atoms with van der Waals surface area (Å²) in [6, 6.07) is 8.09. The second-order valence-electron chi connectivity index (χ2n) is 6.66. The molecule has 0 spiro atoms. The number of anilines is 1. The van der Waals surface area contributed by atoms with Gasteiger partial charge in [-0.3, -0.25) is 0 Å². The Hall–Kier alpha value is -3.65. The highest BCUT2D eigenvalue weighted by molar-refractivity contribution is 5.66. The van der Waals surface area contributed by atoms with Crippen LogP contribution in [0.15, 0.2) is 36.7 Å². The molecule has 1 atom stereocenters. The largest absolute Gasteiger partial charge is 0.438 e. The molecule has 0 saturated carbocycles. The number of halogens is 3. The van der Waals surface area contributed by atoms with Crippen LogP contribution in [-0.2, 0) is 13.5 Å². The molecule has 3 rings (SSSR count). The Balaban J connectivity index is 1.95. The van der Waals surface area contributed by atoms with Gasteiger partial charge in [-0.15, -0.1) is 0 Å². The molecule has 0 saturated heterocycles. The summed E-state index contributed by atoms with van der Waals surface area (Å²) in [5.74, 6) is 0.736. The van der Waals surface area contributed by atoms with Crippen LogP contribution in [0, 0.1) is 11.3 Å². The van der Waals surface area contributed by atoms with Gasteiger partial charge in [-0.2, -0.15) is 10.4 Å². The fraction of sp³-hybridized carbons (Fsp3) is 0.300. The lowest BCUT2D eigenvalue weighted by molar-refractivity contribution is 0.0504. The van der Waals surface area contributed by atoms with E-state index in [4.69, 9.17) is 10.5 Å². The second-order valence-corrected chi connectivity index (χ2v) is 6.66. The Bertz CT molecular complexity index is 1080. The minimum atomic E-state index is -3.19. The number of nitrogens with two attached hydrogens (primary N) is 1. The lowest BCUT2D eigenvalue weighted by Crippen LogP contribution is -2.33. The fourth-order valence-electron chi connectivity index (χ4n) is 2.76. The quantitative estimate of drug-likeness (QED) is 0.547. The number of benzene rings is 1. The van der Waals surface area contributed by atoms with E-state index in [0.717, 1.165) is 5.56 Å². The zero-order valence-corrected chi connectivity index (χ0v) is 16.8. The number of aryl methyl sites for hydroxylation is 1.